The van der Waals surface area contributed by atoms with Crippen LogP contribution in [0.15, 0.2) is 34.0 Å². The van der Waals surface area contributed by atoms with E-state index >= 15 is 0 Å². The van der Waals surface area contributed by atoms with Crippen LogP contribution in [0.5, 0.6) is 5.75 Å². The lowest BCUT2D eigenvalue weighted by Crippen LogP contribution is -2.31. The number of hydrazone groups is 1. The van der Waals surface area contributed by atoms with E-state index in [4.69, 9.17) is 10.5 Å². The predicted octanol–water partition coefficient (Wildman–Crippen LogP) is 0.991. The maximum atomic E-state index is 12.8. The molecule has 0 aliphatic carbocycles. The number of anilines is 1. The highest BCUT2D eigenvalue weighted by molar-refractivity contribution is 5.94. The number of nitrogen functional groups attached to an aromatic ring is 1. The molecular formula is C19H23N9O3. The van der Waals surface area contributed by atoms with Crippen LogP contribution in [0.3, 0.4) is 0 Å². The molecule has 1 amide bonds. The number of hydrogen-bond acceptors (Lipinski definition) is 10. The summed E-state index contributed by atoms with van der Waals surface area (Å²) in [5.41, 5.74) is 9.78. The quantitative estimate of drug-likeness (QED) is 0.417. The summed E-state index contributed by atoms with van der Waals surface area (Å²) in [5.74, 6) is 0.458. The molecule has 1 saturated heterocycles. The lowest BCUT2D eigenvalue weighted by molar-refractivity contribution is 0.0947. The average Bonchev–Trinajstić information content (AvgIpc) is 3.40. The Kier molecular flexibility index (Phi) is 6.17. The van der Waals surface area contributed by atoms with Crippen LogP contribution >= 0.6 is 0 Å². The number of carbonyl (C=O) groups is 1. The number of hydrogen-bond donors (Lipinski definition) is 2. The third-order valence-corrected chi connectivity index (χ3v) is 4.97. The zero-order chi connectivity index (χ0) is 21.6. The van der Waals surface area contributed by atoms with E-state index in [2.05, 4.69) is 40.7 Å². The molecule has 4 rings (SSSR count). The summed E-state index contributed by atoms with van der Waals surface area (Å²) < 4.78 is 11.3. The molecule has 12 nitrogen and oxygen atoms in total. The van der Waals surface area contributed by atoms with Crippen LogP contribution in [0.25, 0.3) is 5.82 Å². The Morgan fingerprint density at radius 1 is 1.32 bits per heavy atom. The Hall–Kier alpha value is -3.80. The maximum absolute atomic E-state index is 12.8. The zero-order valence-corrected chi connectivity index (χ0v) is 17.1. The third kappa shape index (κ3) is 4.69. The van der Waals surface area contributed by atoms with E-state index in [1.807, 2.05) is 18.2 Å². The number of ether oxygens (including phenoxy) is 1. The Labute approximate surface area is 178 Å². The first-order valence-electron chi connectivity index (χ1n) is 9.88. The standard InChI is InChI=1S/C19H23N9O3/c1-30-14-7-5-6-13(10-14)11-21-23-19(29)16-15(12-27-8-3-2-4-9-27)28(26-22-16)18-17(20)24-31-25-18/h5-7,10-11H,2-4,8-9,12H2,1H3,(H2,20,24)(H,23,29). The number of piperidine rings is 1. The van der Waals surface area contributed by atoms with Gasteiger partial charge < -0.3 is 10.5 Å². The van der Waals surface area contributed by atoms with Gasteiger partial charge in [-0.15, -0.1) is 5.10 Å². The van der Waals surface area contributed by atoms with Gasteiger partial charge in [0.1, 0.15) is 5.75 Å². The normalized spacial score (nSPS) is 14.7. The van der Waals surface area contributed by atoms with Gasteiger partial charge >= 0.3 is 0 Å². The van der Waals surface area contributed by atoms with Gasteiger partial charge in [0.2, 0.25) is 11.6 Å². The van der Waals surface area contributed by atoms with Gasteiger partial charge in [0.15, 0.2) is 5.69 Å². The molecule has 1 aliphatic rings. The van der Waals surface area contributed by atoms with Crippen LogP contribution in [0.4, 0.5) is 5.82 Å². The monoisotopic (exact) mass is 425 g/mol. The number of amides is 1. The van der Waals surface area contributed by atoms with Gasteiger partial charge in [0.25, 0.3) is 5.91 Å². The van der Waals surface area contributed by atoms with E-state index in [9.17, 15) is 4.79 Å². The van der Waals surface area contributed by atoms with Crippen molar-refractivity contribution in [1.29, 1.82) is 0 Å². The molecule has 0 atom stereocenters. The lowest BCUT2D eigenvalue weighted by Gasteiger charge is -2.26. The van der Waals surface area contributed by atoms with E-state index in [0.717, 1.165) is 31.5 Å². The molecular weight excluding hydrogens is 402 g/mol. The van der Waals surface area contributed by atoms with Crippen LogP contribution < -0.4 is 15.9 Å². The molecule has 0 unspecified atom stereocenters. The third-order valence-electron chi connectivity index (χ3n) is 4.97. The number of methoxy groups -OCH3 is 1. The topological polar surface area (TPSA) is 150 Å². The molecule has 0 radical (unpaired) electrons. The fourth-order valence-electron chi connectivity index (χ4n) is 3.40. The van der Waals surface area contributed by atoms with Crippen LogP contribution in [0.1, 0.15) is 41.0 Å². The van der Waals surface area contributed by atoms with Crippen molar-refractivity contribution in [3.63, 3.8) is 0 Å². The maximum Gasteiger partial charge on any atom is 0.293 e. The number of carbonyl (C=O) groups excluding carboxylic acids is 1. The molecule has 3 aromatic rings. The number of nitrogens with one attached hydrogen (secondary N) is 1. The van der Waals surface area contributed by atoms with Crippen LogP contribution in [-0.2, 0) is 6.54 Å². The van der Waals surface area contributed by atoms with Crippen LogP contribution in [0, 0.1) is 0 Å². The first-order chi connectivity index (χ1) is 15.2. The molecule has 12 heteroatoms. The molecule has 31 heavy (non-hydrogen) atoms. The second-order valence-electron chi connectivity index (χ2n) is 7.08. The smallest absolute Gasteiger partial charge is 0.293 e. The Morgan fingerprint density at radius 2 is 2.16 bits per heavy atom. The van der Waals surface area contributed by atoms with E-state index in [-0.39, 0.29) is 17.3 Å². The van der Waals surface area contributed by atoms with Crippen molar-refractivity contribution in [2.45, 2.75) is 25.8 Å². The zero-order valence-electron chi connectivity index (χ0n) is 17.1. The van der Waals surface area contributed by atoms with Gasteiger partial charge in [-0.05, 0) is 53.9 Å². The number of benzene rings is 1. The SMILES string of the molecule is COc1cccc(C=NNC(=O)c2nnn(-c3nonc3N)c2CN2CCCCC2)c1. The van der Waals surface area contributed by atoms with Gasteiger partial charge in [-0.3, -0.25) is 9.69 Å². The Bertz CT molecular complexity index is 1070. The van der Waals surface area contributed by atoms with E-state index in [0.29, 0.717) is 18.0 Å². The highest BCUT2D eigenvalue weighted by atomic mass is 16.6. The summed E-state index contributed by atoms with van der Waals surface area (Å²) in [5, 5.41) is 19.5. The van der Waals surface area contributed by atoms with Gasteiger partial charge in [-0.2, -0.15) is 9.78 Å². The molecule has 1 fully saturated rings. The van der Waals surface area contributed by atoms with Gasteiger partial charge in [-0.1, -0.05) is 23.8 Å². The first-order valence-corrected chi connectivity index (χ1v) is 9.88. The van der Waals surface area contributed by atoms with Crippen LogP contribution in [-0.4, -0.2) is 62.5 Å². The fourth-order valence-corrected chi connectivity index (χ4v) is 3.40. The summed E-state index contributed by atoms with van der Waals surface area (Å²) in [6, 6.07) is 7.30. The summed E-state index contributed by atoms with van der Waals surface area (Å²) in [6.07, 6.45) is 4.92. The van der Waals surface area contributed by atoms with Crippen molar-refractivity contribution in [2.24, 2.45) is 5.10 Å². The molecule has 3 heterocycles. The van der Waals surface area contributed by atoms with Gasteiger partial charge in [0.05, 0.1) is 19.0 Å². The average molecular weight is 425 g/mol. The minimum atomic E-state index is -0.493. The molecule has 1 aliphatic heterocycles. The van der Waals surface area contributed by atoms with Crippen molar-refractivity contribution < 1.29 is 14.2 Å². The van der Waals surface area contributed by atoms with E-state index in [1.165, 1.54) is 17.3 Å². The molecule has 1 aromatic carbocycles. The summed E-state index contributed by atoms with van der Waals surface area (Å²) >= 11 is 0. The number of likely N-dealkylation sites (tertiary alicyclic amines) is 1. The second-order valence-corrected chi connectivity index (χ2v) is 7.08. The molecule has 0 bridgehead atoms. The Morgan fingerprint density at radius 3 is 2.90 bits per heavy atom. The molecule has 2 aromatic heterocycles. The molecule has 0 spiro atoms. The minimum Gasteiger partial charge on any atom is -0.497 e. The minimum absolute atomic E-state index is 0.0628. The predicted molar refractivity (Wildman–Crippen MR) is 111 cm³/mol. The Balaban J connectivity index is 1.56. The second kappa shape index (κ2) is 9.34. The summed E-state index contributed by atoms with van der Waals surface area (Å²) in [4.78, 5) is 15.0. The number of aromatic nitrogens is 5. The first kappa shape index (κ1) is 20.5. The van der Waals surface area contributed by atoms with E-state index < -0.39 is 5.91 Å². The molecule has 3 N–H and O–H groups in total. The lowest BCUT2D eigenvalue weighted by atomic mass is 10.1. The highest BCUT2D eigenvalue weighted by Gasteiger charge is 2.26. The van der Waals surface area contributed by atoms with Crippen molar-refractivity contribution in [3.05, 3.63) is 41.2 Å². The summed E-state index contributed by atoms with van der Waals surface area (Å²) in [6.45, 7) is 2.31. The number of nitrogens with two attached hydrogens (primary N) is 1. The van der Waals surface area contributed by atoms with Crippen molar-refractivity contribution in [3.8, 4) is 11.6 Å². The van der Waals surface area contributed by atoms with Gasteiger partial charge in [-0.25, -0.2) is 10.1 Å². The number of nitrogens with zero attached hydrogens (tertiary/aromatic N) is 7. The fraction of sp³-hybridized carbons (Fsp3) is 0.368. The molecule has 162 valence electrons. The van der Waals surface area contributed by atoms with Crippen molar-refractivity contribution in [2.75, 3.05) is 25.9 Å². The van der Waals surface area contributed by atoms with E-state index in [1.54, 1.807) is 13.2 Å². The van der Waals surface area contributed by atoms with Crippen molar-refractivity contribution in [1.82, 2.24) is 35.6 Å². The highest BCUT2D eigenvalue weighted by Crippen LogP contribution is 2.19. The van der Waals surface area contributed by atoms with Crippen molar-refractivity contribution >= 4 is 17.9 Å². The van der Waals surface area contributed by atoms with Crippen LogP contribution in [0.2, 0.25) is 0 Å². The largest absolute Gasteiger partial charge is 0.497 e. The van der Waals surface area contributed by atoms with Gasteiger partial charge in [0, 0.05) is 6.54 Å². The number of rotatable bonds is 7. The molecule has 0 saturated carbocycles. The summed E-state index contributed by atoms with van der Waals surface area (Å²) in [7, 11) is 1.59.